The Hall–Kier alpha value is -1.50. The number of carbonyl (C=O) groups is 1. The predicted molar refractivity (Wildman–Crippen MR) is 76.8 cm³/mol. The Morgan fingerprint density at radius 1 is 1.05 bits per heavy atom. The minimum atomic E-state index is -0.489. The topological polar surface area (TPSA) is 85.4 Å². The molecular formula is C13H25N5O2. The normalized spacial score (nSPS) is 22.4. The Balaban J connectivity index is 1.90. The Labute approximate surface area is 120 Å². The molecule has 20 heavy (non-hydrogen) atoms. The molecule has 7 nitrogen and oxygen atoms in total. The van der Waals surface area contributed by atoms with E-state index in [1.165, 1.54) is 0 Å². The maximum Gasteiger partial charge on any atom is 0.320 e. The van der Waals surface area contributed by atoms with E-state index in [2.05, 4.69) is 10.1 Å². The van der Waals surface area contributed by atoms with Crippen molar-refractivity contribution in [1.82, 2.24) is 14.7 Å². The number of carbonyl (C=O) groups excluding carboxylic acids is 1. The van der Waals surface area contributed by atoms with Gasteiger partial charge < -0.3 is 20.7 Å². The second kappa shape index (κ2) is 5.87. The number of amides is 2. The van der Waals surface area contributed by atoms with Gasteiger partial charge in [-0.3, -0.25) is 4.90 Å². The van der Waals surface area contributed by atoms with E-state index < -0.39 is 5.54 Å². The molecule has 2 aliphatic heterocycles. The van der Waals surface area contributed by atoms with Crippen LogP contribution in [0.2, 0.25) is 0 Å². The molecule has 0 aromatic carbocycles. The van der Waals surface area contributed by atoms with Gasteiger partial charge in [-0.15, -0.1) is 0 Å². The number of rotatable bonds is 2. The minimum absolute atomic E-state index is 0.156. The molecule has 0 unspecified atom stereocenters. The minimum Gasteiger partial charge on any atom is -0.409 e. The van der Waals surface area contributed by atoms with Gasteiger partial charge in [-0.1, -0.05) is 5.16 Å². The van der Waals surface area contributed by atoms with E-state index in [4.69, 9.17) is 10.9 Å². The fraction of sp³-hybridized carbons (Fsp3) is 0.846. The molecule has 2 heterocycles. The van der Waals surface area contributed by atoms with Crippen molar-refractivity contribution in [2.45, 2.75) is 32.2 Å². The maximum atomic E-state index is 12.3. The predicted octanol–water partition coefficient (Wildman–Crippen LogP) is 0.345. The van der Waals surface area contributed by atoms with Crippen LogP contribution < -0.4 is 5.73 Å². The van der Waals surface area contributed by atoms with Gasteiger partial charge in [0.2, 0.25) is 0 Å². The largest absolute Gasteiger partial charge is 0.409 e. The van der Waals surface area contributed by atoms with Gasteiger partial charge in [0.25, 0.3) is 0 Å². The number of oxime groups is 1. The monoisotopic (exact) mass is 283 g/mol. The highest BCUT2D eigenvalue weighted by molar-refractivity contribution is 5.88. The van der Waals surface area contributed by atoms with Crippen LogP contribution in [0.5, 0.6) is 0 Å². The average Bonchev–Trinajstić information content (AvgIpc) is 2.99. The van der Waals surface area contributed by atoms with Gasteiger partial charge in [0, 0.05) is 39.3 Å². The van der Waals surface area contributed by atoms with Crippen molar-refractivity contribution in [2.24, 2.45) is 10.9 Å². The molecule has 0 aromatic rings. The lowest BCUT2D eigenvalue weighted by Gasteiger charge is -2.43. The van der Waals surface area contributed by atoms with E-state index in [0.717, 1.165) is 39.0 Å². The second-order valence-corrected chi connectivity index (χ2v) is 6.00. The van der Waals surface area contributed by atoms with E-state index in [9.17, 15) is 4.79 Å². The fourth-order valence-electron chi connectivity index (χ4n) is 2.85. The van der Waals surface area contributed by atoms with E-state index in [1.54, 1.807) is 0 Å². The third kappa shape index (κ3) is 2.82. The standard InChI is InChI=1S/C13H25N5O2/c1-13(2,11(14)15-20)18-9-7-17(8-10-18)12(19)16-5-3-4-6-16/h20H,3-10H2,1-2H3,(H2,14,15). The van der Waals surface area contributed by atoms with Crippen molar-refractivity contribution in [3.05, 3.63) is 0 Å². The summed E-state index contributed by atoms with van der Waals surface area (Å²) in [5.41, 5.74) is 5.26. The van der Waals surface area contributed by atoms with Gasteiger partial charge in [0.1, 0.15) is 0 Å². The number of hydrogen-bond acceptors (Lipinski definition) is 4. The molecule has 0 spiro atoms. The molecule has 0 atom stereocenters. The maximum absolute atomic E-state index is 12.3. The Bertz CT molecular complexity index is 382. The fourth-order valence-corrected chi connectivity index (χ4v) is 2.85. The summed E-state index contributed by atoms with van der Waals surface area (Å²) < 4.78 is 0. The van der Waals surface area contributed by atoms with Gasteiger partial charge >= 0.3 is 6.03 Å². The molecule has 2 fully saturated rings. The highest BCUT2D eigenvalue weighted by Crippen LogP contribution is 2.19. The van der Waals surface area contributed by atoms with Crippen molar-refractivity contribution in [1.29, 1.82) is 0 Å². The first kappa shape index (κ1) is 14.9. The molecule has 7 heteroatoms. The zero-order chi connectivity index (χ0) is 14.8. The zero-order valence-electron chi connectivity index (χ0n) is 12.4. The van der Waals surface area contributed by atoms with Gasteiger partial charge in [0.15, 0.2) is 5.84 Å². The summed E-state index contributed by atoms with van der Waals surface area (Å²) in [7, 11) is 0. The van der Waals surface area contributed by atoms with Crippen molar-refractivity contribution >= 4 is 11.9 Å². The average molecular weight is 283 g/mol. The van der Waals surface area contributed by atoms with Crippen LogP contribution in [0.3, 0.4) is 0 Å². The molecule has 0 radical (unpaired) electrons. The number of nitrogens with two attached hydrogens (primary N) is 1. The highest BCUT2D eigenvalue weighted by Gasteiger charge is 2.35. The number of hydrogen-bond donors (Lipinski definition) is 2. The first-order chi connectivity index (χ1) is 9.46. The van der Waals surface area contributed by atoms with Crippen LogP contribution >= 0.6 is 0 Å². The summed E-state index contributed by atoms with van der Waals surface area (Å²) in [6.45, 7) is 8.49. The molecule has 0 saturated carbocycles. The highest BCUT2D eigenvalue weighted by atomic mass is 16.4. The Morgan fingerprint density at radius 3 is 2.05 bits per heavy atom. The van der Waals surface area contributed by atoms with Gasteiger partial charge in [0.05, 0.1) is 5.54 Å². The third-order valence-electron chi connectivity index (χ3n) is 4.45. The first-order valence-electron chi connectivity index (χ1n) is 7.23. The van der Waals surface area contributed by atoms with Gasteiger partial charge in [-0.05, 0) is 26.7 Å². The number of urea groups is 1. The number of amidine groups is 1. The summed E-state index contributed by atoms with van der Waals surface area (Å²) in [6, 6.07) is 0.156. The summed E-state index contributed by atoms with van der Waals surface area (Å²) in [6.07, 6.45) is 2.23. The first-order valence-corrected chi connectivity index (χ1v) is 7.23. The van der Waals surface area contributed by atoms with Gasteiger partial charge in [-0.2, -0.15) is 0 Å². The number of nitrogens with zero attached hydrogens (tertiary/aromatic N) is 4. The smallest absolute Gasteiger partial charge is 0.320 e. The lowest BCUT2D eigenvalue weighted by atomic mass is 10.0. The molecule has 3 N–H and O–H groups in total. The molecular weight excluding hydrogens is 258 g/mol. The lowest BCUT2D eigenvalue weighted by molar-refractivity contribution is 0.0840. The van der Waals surface area contributed by atoms with Crippen LogP contribution in [0.15, 0.2) is 5.16 Å². The van der Waals surface area contributed by atoms with Crippen LogP contribution in [-0.2, 0) is 0 Å². The summed E-state index contributed by atoms with van der Waals surface area (Å²) in [5, 5.41) is 12.0. The van der Waals surface area contributed by atoms with Crippen molar-refractivity contribution < 1.29 is 10.0 Å². The Kier molecular flexibility index (Phi) is 4.37. The number of likely N-dealkylation sites (tertiary alicyclic amines) is 1. The van der Waals surface area contributed by atoms with Crippen molar-refractivity contribution in [3.8, 4) is 0 Å². The lowest BCUT2D eigenvalue weighted by Crippen LogP contribution is -2.61. The van der Waals surface area contributed by atoms with E-state index in [0.29, 0.717) is 13.1 Å². The third-order valence-corrected chi connectivity index (χ3v) is 4.45. The number of piperazine rings is 1. The van der Waals surface area contributed by atoms with Crippen LogP contribution in [0.4, 0.5) is 4.79 Å². The van der Waals surface area contributed by atoms with Crippen molar-refractivity contribution in [2.75, 3.05) is 39.3 Å². The van der Waals surface area contributed by atoms with Crippen LogP contribution in [0.1, 0.15) is 26.7 Å². The quantitative estimate of drug-likeness (QED) is 0.331. The summed E-state index contributed by atoms with van der Waals surface area (Å²) in [4.78, 5) is 18.3. The Morgan fingerprint density at radius 2 is 1.55 bits per heavy atom. The van der Waals surface area contributed by atoms with E-state index in [-0.39, 0.29) is 11.9 Å². The van der Waals surface area contributed by atoms with Crippen LogP contribution in [-0.4, -0.2) is 76.6 Å². The molecule has 114 valence electrons. The molecule has 2 rings (SSSR count). The van der Waals surface area contributed by atoms with Gasteiger partial charge in [-0.25, -0.2) is 4.79 Å². The SMILES string of the molecule is CC(C)(C(N)=NO)N1CCN(C(=O)N2CCCC2)CC1. The molecule has 0 aliphatic carbocycles. The van der Waals surface area contributed by atoms with E-state index >= 15 is 0 Å². The summed E-state index contributed by atoms with van der Waals surface area (Å²) >= 11 is 0. The molecule has 2 aliphatic rings. The molecule has 2 amide bonds. The molecule has 0 bridgehead atoms. The summed E-state index contributed by atoms with van der Waals surface area (Å²) in [5.74, 6) is 0.205. The van der Waals surface area contributed by atoms with E-state index in [1.807, 2.05) is 23.6 Å². The zero-order valence-corrected chi connectivity index (χ0v) is 12.4. The molecule has 2 saturated heterocycles. The second-order valence-electron chi connectivity index (χ2n) is 6.00. The van der Waals surface area contributed by atoms with Crippen molar-refractivity contribution in [3.63, 3.8) is 0 Å². The van der Waals surface area contributed by atoms with Crippen LogP contribution in [0.25, 0.3) is 0 Å². The molecule has 0 aromatic heterocycles. The van der Waals surface area contributed by atoms with Crippen LogP contribution in [0, 0.1) is 0 Å².